The van der Waals surface area contributed by atoms with Crippen LogP contribution in [0.5, 0.6) is 5.75 Å². The van der Waals surface area contributed by atoms with Gasteiger partial charge < -0.3 is 14.4 Å². The highest BCUT2D eigenvalue weighted by Crippen LogP contribution is 2.33. The Morgan fingerprint density at radius 2 is 1.55 bits per heavy atom. The van der Waals surface area contributed by atoms with Crippen LogP contribution in [0.1, 0.15) is 96.0 Å². The van der Waals surface area contributed by atoms with Crippen LogP contribution >= 0.6 is 23.2 Å². The van der Waals surface area contributed by atoms with Crippen LogP contribution in [0.3, 0.4) is 0 Å². The lowest BCUT2D eigenvalue weighted by Gasteiger charge is -2.36. The lowest BCUT2D eigenvalue weighted by atomic mass is 10.0. The molecule has 2 aromatic rings. The van der Waals surface area contributed by atoms with E-state index in [1.165, 1.54) is 12.8 Å². The van der Waals surface area contributed by atoms with Gasteiger partial charge >= 0.3 is 5.97 Å². The summed E-state index contributed by atoms with van der Waals surface area (Å²) in [4.78, 5) is 31.7. The maximum atomic E-state index is 12.8. The standard InChI is InChI=1S/C42H57Cl2N3O4/c1-2-3-4-5-6-7-8-9-10-11-12-13-14-15-16-22-41(49)51-34-47-39-33-36(25-23-35(39)24-26-40(47)48)50-32-18-17-27-45-28-30-46(31-29-45)38-21-19-20-37(43)42(38)44/h3-4,6-7,9-10,19-21,23,25,33H,2,5,8,11-18,22,24,26-32,34H2,1H3/b4-3-,7-6-,10-9-. The SMILES string of the molecule is CC/C=C\C/C=C\C/C=C\CCCCCCCC(=O)OCN1C(=O)CCc2ccc(OCCCCN3CCN(c4cccc(Cl)c4Cl)CC3)cc21. The van der Waals surface area contributed by atoms with E-state index in [-0.39, 0.29) is 18.6 Å². The number of esters is 1. The molecule has 2 aliphatic heterocycles. The molecule has 51 heavy (non-hydrogen) atoms. The highest BCUT2D eigenvalue weighted by Gasteiger charge is 2.26. The van der Waals surface area contributed by atoms with E-state index >= 15 is 0 Å². The summed E-state index contributed by atoms with van der Waals surface area (Å²) in [6.07, 6.45) is 26.3. The molecule has 0 saturated carbocycles. The van der Waals surface area contributed by atoms with Crippen molar-refractivity contribution in [3.8, 4) is 5.75 Å². The number of amides is 1. The smallest absolute Gasteiger partial charge is 0.307 e. The molecule has 4 rings (SSSR count). The number of hydrogen-bond donors (Lipinski definition) is 0. The maximum absolute atomic E-state index is 12.8. The molecule has 278 valence electrons. The number of aryl methyl sites for hydroxylation is 1. The Labute approximate surface area is 316 Å². The molecule has 0 N–H and O–H groups in total. The predicted octanol–water partition coefficient (Wildman–Crippen LogP) is 10.3. The van der Waals surface area contributed by atoms with E-state index in [9.17, 15) is 9.59 Å². The molecule has 9 heteroatoms. The number of hydrogen-bond acceptors (Lipinski definition) is 6. The number of allylic oxidation sites excluding steroid dienone is 6. The summed E-state index contributed by atoms with van der Waals surface area (Å²) in [5, 5.41) is 1.22. The van der Waals surface area contributed by atoms with Crippen LogP contribution in [0.2, 0.25) is 10.0 Å². The Morgan fingerprint density at radius 3 is 2.35 bits per heavy atom. The van der Waals surface area contributed by atoms with Crippen molar-refractivity contribution in [2.45, 2.75) is 96.8 Å². The van der Waals surface area contributed by atoms with Crippen LogP contribution in [-0.4, -0.2) is 62.8 Å². The molecule has 1 fully saturated rings. The fourth-order valence-electron chi connectivity index (χ4n) is 6.42. The molecule has 0 aliphatic carbocycles. The van der Waals surface area contributed by atoms with Crippen molar-refractivity contribution in [1.29, 1.82) is 0 Å². The molecule has 2 aliphatic rings. The molecule has 0 unspecified atom stereocenters. The van der Waals surface area contributed by atoms with E-state index in [1.807, 2.05) is 36.4 Å². The van der Waals surface area contributed by atoms with Gasteiger partial charge in [0.2, 0.25) is 5.91 Å². The molecule has 0 bridgehead atoms. The van der Waals surface area contributed by atoms with Gasteiger partial charge in [0, 0.05) is 45.1 Å². The first-order valence-corrected chi connectivity index (χ1v) is 19.8. The van der Waals surface area contributed by atoms with Gasteiger partial charge in [-0.1, -0.05) is 98.0 Å². The van der Waals surface area contributed by atoms with Gasteiger partial charge in [0.1, 0.15) is 5.75 Å². The molecule has 7 nitrogen and oxygen atoms in total. The Morgan fingerprint density at radius 1 is 0.804 bits per heavy atom. The minimum Gasteiger partial charge on any atom is -0.494 e. The number of unbranched alkanes of at least 4 members (excludes halogenated alkanes) is 6. The Hall–Kier alpha value is -3.26. The number of carbonyl (C=O) groups is 2. The van der Waals surface area contributed by atoms with Crippen LogP contribution in [-0.2, 0) is 20.7 Å². The fraction of sp³-hybridized carbons (Fsp3) is 0.524. The molecular weight excluding hydrogens is 681 g/mol. The van der Waals surface area contributed by atoms with Crippen LogP contribution in [0, 0.1) is 0 Å². The minimum absolute atomic E-state index is 0.0284. The quantitative estimate of drug-likeness (QED) is 0.0681. The predicted molar refractivity (Wildman–Crippen MR) is 212 cm³/mol. The lowest BCUT2D eigenvalue weighted by Crippen LogP contribution is -2.46. The zero-order valence-corrected chi connectivity index (χ0v) is 32.0. The first-order valence-electron chi connectivity index (χ1n) is 19.0. The summed E-state index contributed by atoms with van der Waals surface area (Å²) in [6.45, 7) is 7.53. The van der Waals surface area contributed by atoms with Crippen molar-refractivity contribution in [2.75, 3.05) is 55.9 Å². The summed E-state index contributed by atoms with van der Waals surface area (Å²) in [5.74, 6) is 0.451. The largest absolute Gasteiger partial charge is 0.494 e. The van der Waals surface area contributed by atoms with Crippen LogP contribution in [0.25, 0.3) is 0 Å². The van der Waals surface area contributed by atoms with Crippen LogP contribution < -0.4 is 14.5 Å². The summed E-state index contributed by atoms with van der Waals surface area (Å²) in [7, 11) is 0. The highest BCUT2D eigenvalue weighted by molar-refractivity contribution is 6.43. The molecule has 2 heterocycles. The molecule has 2 aromatic carbocycles. The number of ether oxygens (including phenoxy) is 2. The third-order valence-corrected chi connectivity index (χ3v) is 10.2. The Balaban J connectivity index is 1.07. The van der Waals surface area contributed by atoms with Crippen molar-refractivity contribution in [3.63, 3.8) is 0 Å². The van der Waals surface area contributed by atoms with Gasteiger partial charge in [0.05, 0.1) is 28.0 Å². The molecule has 1 amide bonds. The number of rotatable bonds is 22. The topological polar surface area (TPSA) is 62.3 Å². The molecule has 0 atom stereocenters. The third kappa shape index (κ3) is 14.4. The number of carbonyl (C=O) groups excluding carboxylic acids is 2. The number of nitrogens with zero attached hydrogens (tertiary/aromatic N) is 3. The summed E-state index contributed by atoms with van der Waals surface area (Å²) >= 11 is 12.6. The Bertz CT molecular complexity index is 1450. The summed E-state index contributed by atoms with van der Waals surface area (Å²) in [5.41, 5.74) is 2.86. The average molecular weight is 739 g/mol. The minimum atomic E-state index is -0.252. The molecule has 0 spiro atoms. The van der Waals surface area contributed by atoms with E-state index in [4.69, 9.17) is 32.7 Å². The van der Waals surface area contributed by atoms with Gasteiger partial charge in [0.15, 0.2) is 6.73 Å². The normalized spacial score (nSPS) is 15.4. The van der Waals surface area contributed by atoms with Crippen LogP contribution in [0.15, 0.2) is 72.9 Å². The van der Waals surface area contributed by atoms with Gasteiger partial charge in [-0.15, -0.1) is 0 Å². The van der Waals surface area contributed by atoms with E-state index in [0.717, 1.165) is 113 Å². The van der Waals surface area contributed by atoms with Crippen molar-refractivity contribution >= 4 is 46.5 Å². The van der Waals surface area contributed by atoms with Gasteiger partial charge in [-0.3, -0.25) is 19.4 Å². The fourth-order valence-corrected chi connectivity index (χ4v) is 6.84. The van der Waals surface area contributed by atoms with Gasteiger partial charge in [0.25, 0.3) is 0 Å². The van der Waals surface area contributed by atoms with Crippen molar-refractivity contribution in [2.24, 2.45) is 0 Å². The van der Waals surface area contributed by atoms with Crippen molar-refractivity contribution in [1.82, 2.24) is 4.90 Å². The Kier molecular flexibility index (Phi) is 18.5. The van der Waals surface area contributed by atoms with Crippen molar-refractivity contribution in [3.05, 3.63) is 88.5 Å². The zero-order chi connectivity index (χ0) is 36.1. The second-order valence-electron chi connectivity index (χ2n) is 13.3. The number of anilines is 2. The van der Waals surface area contributed by atoms with Crippen LogP contribution in [0.4, 0.5) is 11.4 Å². The molecule has 1 saturated heterocycles. The number of piperazine rings is 1. The molecule has 0 aromatic heterocycles. The third-order valence-electron chi connectivity index (χ3n) is 9.42. The molecule has 0 radical (unpaired) electrons. The van der Waals surface area contributed by atoms with Gasteiger partial charge in [-0.25, -0.2) is 0 Å². The van der Waals surface area contributed by atoms with E-state index in [2.05, 4.69) is 53.2 Å². The second kappa shape index (κ2) is 23.3. The molecular formula is C42H57Cl2N3O4. The number of fused-ring (bicyclic) bond motifs is 1. The first kappa shape index (κ1) is 40.5. The highest BCUT2D eigenvalue weighted by atomic mass is 35.5. The summed E-state index contributed by atoms with van der Waals surface area (Å²) in [6, 6.07) is 11.7. The maximum Gasteiger partial charge on any atom is 0.307 e. The van der Waals surface area contributed by atoms with Gasteiger partial charge in [-0.2, -0.15) is 0 Å². The second-order valence-corrected chi connectivity index (χ2v) is 14.1. The van der Waals surface area contributed by atoms with E-state index in [1.54, 1.807) is 4.90 Å². The average Bonchev–Trinajstić information content (AvgIpc) is 3.14. The number of benzene rings is 2. The lowest BCUT2D eigenvalue weighted by molar-refractivity contribution is -0.144. The van der Waals surface area contributed by atoms with Gasteiger partial charge in [-0.05, 0) is 88.1 Å². The first-order chi connectivity index (χ1) is 25.0. The van der Waals surface area contributed by atoms with E-state index in [0.29, 0.717) is 35.9 Å². The zero-order valence-electron chi connectivity index (χ0n) is 30.5. The van der Waals surface area contributed by atoms with E-state index < -0.39 is 0 Å². The number of halogens is 2. The monoisotopic (exact) mass is 737 g/mol. The summed E-state index contributed by atoms with van der Waals surface area (Å²) < 4.78 is 11.7. The van der Waals surface area contributed by atoms with Crippen molar-refractivity contribution < 1.29 is 19.1 Å².